The van der Waals surface area contributed by atoms with Gasteiger partial charge in [0.25, 0.3) is 0 Å². The first-order valence-corrected chi connectivity index (χ1v) is 9.43. The van der Waals surface area contributed by atoms with E-state index in [1.54, 1.807) is 11.8 Å². The number of aliphatic hydroxyl groups excluding tert-OH is 1. The molecule has 0 aliphatic heterocycles. The number of aliphatic hydroxyl groups is 1. The highest BCUT2D eigenvalue weighted by Crippen LogP contribution is 2.11. The Morgan fingerprint density at radius 2 is 2.24 bits per heavy atom. The number of pyridine rings is 1. The van der Waals surface area contributed by atoms with E-state index in [0.717, 1.165) is 12.2 Å². The number of aromatic nitrogens is 1. The Kier molecular flexibility index (Phi) is 7.75. The van der Waals surface area contributed by atoms with Gasteiger partial charge in [-0.1, -0.05) is 11.8 Å². The van der Waals surface area contributed by atoms with Crippen molar-refractivity contribution in [1.82, 2.24) is 9.71 Å². The number of hydrogen-bond acceptors (Lipinski definition) is 5. The van der Waals surface area contributed by atoms with E-state index in [0.29, 0.717) is 12.0 Å². The van der Waals surface area contributed by atoms with Crippen LogP contribution >= 0.6 is 11.8 Å². The molecule has 2 N–H and O–H groups in total. The molecule has 5 nitrogen and oxygen atoms in total. The third-order valence-corrected chi connectivity index (χ3v) is 4.80. The summed E-state index contributed by atoms with van der Waals surface area (Å²) in [6.45, 7) is 1.82. The van der Waals surface area contributed by atoms with Gasteiger partial charge in [-0.3, -0.25) is 4.98 Å². The molecule has 0 amide bonds. The van der Waals surface area contributed by atoms with Crippen molar-refractivity contribution < 1.29 is 13.5 Å². The summed E-state index contributed by atoms with van der Waals surface area (Å²) in [5, 5.41) is 8.67. The smallest absolute Gasteiger partial charge is 0.242 e. The summed E-state index contributed by atoms with van der Waals surface area (Å²) >= 11 is 1.68. The Hall–Kier alpha value is -1.07. The van der Waals surface area contributed by atoms with Crippen molar-refractivity contribution in [2.75, 3.05) is 18.6 Å². The second-order valence-electron chi connectivity index (χ2n) is 4.49. The topological polar surface area (TPSA) is 79.3 Å². The summed E-state index contributed by atoms with van der Waals surface area (Å²) in [6, 6.07) is 1.35. The van der Waals surface area contributed by atoms with Gasteiger partial charge >= 0.3 is 0 Å². The van der Waals surface area contributed by atoms with Crippen LogP contribution in [0.15, 0.2) is 23.4 Å². The first kappa shape index (κ1) is 18.0. The molecule has 7 heteroatoms. The molecule has 0 radical (unpaired) electrons. The van der Waals surface area contributed by atoms with Crippen molar-refractivity contribution in [3.05, 3.63) is 24.0 Å². The molecule has 1 heterocycles. The number of sulfonamides is 1. The van der Waals surface area contributed by atoms with Gasteiger partial charge in [0.15, 0.2) is 0 Å². The lowest BCUT2D eigenvalue weighted by molar-refractivity contribution is 0.305. The van der Waals surface area contributed by atoms with Crippen molar-refractivity contribution in [3.8, 4) is 11.8 Å². The Morgan fingerprint density at radius 3 is 2.90 bits per heavy atom. The van der Waals surface area contributed by atoms with Gasteiger partial charge in [0.05, 0.1) is 6.61 Å². The number of rotatable bonds is 7. The van der Waals surface area contributed by atoms with E-state index < -0.39 is 10.0 Å². The Labute approximate surface area is 130 Å². The van der Waals surface area contributed by atoms with Crippen molar-refractivity contribution in [2.24, 2.45) is 0 Å². The van der Waals surface area contributed by atoms with Gasteiger partial charge in [0, 0.05) is 30.4 Å². The Morgan fingerprint density at radius 1 is 1.48 bits per heavy atom. The maximum atomic E-state index is 12.2. The first-order chi connectivity index (χ1) is 9.99. The number of hydrogen-bond donors (Lipinski definition) is 2. The number of nitrogens with zero attached hydrogens (tertiary/aromatic N) is 1. The minimum atomic E-state index is -3.58. The molecular formula is C14H20N2O3S2. The number of thioether (sulfide) groups is 1. The van der Waals surface area contributed by atoms with E-state index in [4.69, 9.17) is 5.11 Å². The van der Waals surface area contributed by atoms with E-state index in [9.17, 15) is 8.42 Å². The van der Waals surface area contributed by atoms with Gasteiger partial charge in [-0.2, -0.15) is 11.8 Å². The van der Waals surface area contributed by atoms with Crippen molar-refractivity contribution in [3.63, 3.8) is 0 Å². The van der Waals surface area contributed by atoms with Gasteiger partial charge in [0.1, 0.15) is 4.90 Å². The van der Waals surface area contributed by atoms with Crippen LogP contribution in [-0.2, 0) is 10.0 Å². The van der Waals surface area contributed by atoms with E-state index in [2.05, 4.69) is 21.5 Å². The zero-order chi connectivity index (χ0) is 15.7. The summed E-state index contributed by atoms with van der Waals surface area (Å²) in [6.07, 6.45) is 5.91. The summed E-state index contributed by atoms with van der Waals surface area (Å²) in [5.74, 6) is 6.42. The van der Waals surface area contributed by atoms with E-state index in [-0.39, 0.29) is 17.5 Å². The van der Waals surface area contributed by atoms with E-state index in [1.807, 2.05) is 13.2 Å². The molecule has 1 rings (SSSR count). The summed E-state index contributed by atoms with van der Waals surface area (Å²) in [5.41, 5.74) is 0.517. The molecule has 1 atom stereocenters. The highest BCUT2D eigenvalue weighted by Gasteiger charge is 2.17. The zero-order valence-corrected chi connectivity index (χ0v) is 13.8. The molecule has 0 bridgehead atoms. The molecule has 0 saturated heterocycles. The quantitative estimate of drug-likeness (QED) is 0.736. The van der Waals surface area contributed by atoms with Gasteiger partial charge in [0.2, 0.25) is 10.0 Å². The lowest BCUT2D eigenvalue weighted by Gasteiger charge is -2.13. The van der Waals surface area contributed by atoms with Gasteiger partial charge < -0.3 is 5.11 Å². The van der Waals surface area contributed by atoms with Crippen LogP contribution in [0.3, 0.4) is 0 Å². The van der Waals surface area contributed by atoms with E-state index in [1.165, 1.54) is 18.5 Å². The molecule has 0 aliphatic rings. The fourth-order valence-electron chi connectivity index (χ4n) is 1.54. The van der Waals surface area contributed by atoms with Gasteiger partial charge in [-0.05, 0) is 31.4 Å². The second kappa shape index (κ2) is 9.05. The third-order valence-electron chi connectivity index (χ3n) is 2.60. The predicted octanol–water partition coefficient (Wildman–Crippen LogP) is 1.24. The molecular weight excluding hydrogens is 308 g/mol. The molecule has 1 unspecified atom stereocenters. The highest BCUT2D eigenvalue weighted by molar-refractivity contribution is 7.98. The molecule has 21 heavy (non-hydrogen) atoms. The summed E-state index contributed by atoms with van der Waals surface area (Å²) in [4.78, 5) is 4.02. The maximum absolute atomic E-state index is 12.2. The van der Waals surface area contributed by atoms with Crippen LogP contribution < -0.4 is 4.72 Å². The largest absolute Gasteiger partial charge is 0.395 e. The standard InChI is InChI=1S/C14H20N2O3S2/c1-12(6-8-20-2)16-21(18,19)14-9-13(10-15-11-14)5-3-4-7-17/h9-12,16-17H,4,6-8H2,1-2H3. The van der Waals surface area contributed by atoms with Crippen molar-refractivity contribution in [2.45, 2.75) is 30.7 Å². The zero-order valence-electron chi connectivity index (χ0n) is 12.2. The van der Waals surface area contributed by atoms with Crippen molar-refractivity contribution in [1.29, 1.82) is 0 Å². The molecule has 0 aromatic carbocycles. The predicted molar refractivity (Wildman–Crippen MR) is 85.6 cm³/mol. The monoisotopic (exact) mass is 328 g/mol. The maximum Gasteiger partial charge on any atom is 0.242 e. The molecule has 1 aromatic heterocycles. The minimum Gasteiger partial charge on any atom is -0.395 e. The van der Waals surface area contributed by atoms with Crippen molar-refractivity contribution >= 4 is 21.8 Å². The van der Waals surface area contributed by atoms with Gasteiger partial charge in [-0.15, -0.1) is 0 Å². The molecule has 0 spiro atoms. The van der Waals surface area contributed by atoms with Crippen LogP contribution in [0.4, 0.5) is 0 Å². The third kappa shape index (κ3) is 6.48. The van der Waals surface area contributed by atoms with Crippen LogP contribution in [0.5, 0.6) is 0 Å². The first-order valence-electron chi connectivity index (χ1n) is 6.55. The van der Waals surface area contributed by atoms with Crippen LogP contribution in [0.2, 0.25) is 0 Å². The fraction of sp³-hybridized carbons (Fsp3) is 0.500. The molecule has 116 valence electrons. The van der Waals surface area contributed by atoms with Crippen LogP contribution in [0.1, 0.15) is 25.3 Å². The number of nitrogens with one attached hydrogen (secondary N) is 1. The Balaban J connectivity index is 2.84. The summed E-state index contributed by atoms with van der Waals surface area (Å²) < 4.78 is 27.1. The molecule has 1 aromatic rings. The van der Waals surface area contributed by atoms with Crippen LogP contribution in [-0.4, -0.2) is 43.2 Å². The molecule has 0 fully saturated rings. The van der Waals surface area contributed by atoms with Crippen LogP contribution in [0, 0.1) is 11.8 Å². The second-order valence-corrected chi connectivity index (χ2v) is 7.19. The normalized spacial score (nSPS) is 12.5. The minimum absolute atomic E-state index is 0.0209. The highest BCUT2D eigenvalue weighted by atomic mass is 32.2. The average Bonchev–Trinajstić information content (AvgIpc) is 2.45. The summed E-state index contributed by atoms with van der Waals surface area (Å²) in [7, 11) is -3.58. The van der Waals surface area contributed by atoms with E-state index >= 15 is 0 Å². The average molecular weight is 328 g/mol. The van der Waals surface area contributed by atoms with Gasteiger partial charge in [-0.25, -0.2) is 13.1 Å². The fourth-order valence-corrected chi connectivity index (χ4v) is 3.40. The van der Waals surface area contributed by atoms with Crippen LogP contribution in [0.25, 0.3) is 0 Å². The SMILES string of the molecule is CSCCC(C)NS(=O)(=O)c1cncc(C#CCCO)c1. The lowest BCUT2D eigenvalue weighted by Crippen LogP contribution is -2.33. The molecule has 0 saturated carbocycles. The Bertz CT molecular complexity index is 606. The molecule has 0 aliphatic carbocycles. The lowest BCUT2D eigenvalue weighted by atomic mass is 10.3.